The van der Waals surface area contributed by atoms with Gasteiger partial charge in [-0.3, -0.25) is 4.57 Å². The Morgan fingerprint density at radius 3 is 1.28 bits per heavy atom. The van der Waals surface area contributed by atoms with Crippen LogP contribution in [-0.4, -0.2) is 24.1 Å². The summed E-state index contributed by atoms with van der Waals surface area (Å²) < 4.78 is 4.71. The zero-order chi connectivity index (χ0) is 45.0. The Morgan fingerprint density at radius 1 is 0.265 bits per heavy atom. The van der Waals surface area contributed by atoms with E-state index in [4.69, 9.17) is 15.0 Å². The molecule has 0 spiro atoms. The molecule has 0 atom stereocenters. The average molecular weight is 868 g/mol. The fourth-order valence-electron chi connectivity index (χ4n) is 9.97. The maximum absolute atomic E-state index is 5.38. The van der Waals surface area contributed by atoms with E-state index in [1.807, 2.05) is 24.3 Å². The first-order chi connectivity index (χ1) is 33.7. The van der Waals surface area contributed by atoms with E-state index in [9.17, 15) is 0 Å². The van der Waals surface area contributed by atoms with Gasteiger partial charge in [-0.05, 0) is 69.3 Å². The van der Waals surface area contributed by atoms with Crippen LogP contribution in [0.15, 0.2) is 249 Å². The SMILES string of the molecule is c1ccc(-c2ccc(-c3nc(-c4ccccc4)nc(-n4c5ccccc5c5ccc6c(c7ccccc7n6-c6ccc(-c7ccccc7)cc6-c6ccc(-c7ccccc7)cc6)c54)n3)cc2)cc1. The summed E-state index contributed by atoms with van der Waals surface area (Å²) in [6, 6.07) is 88.3. The van der Waals surface area contributed by atoms with E-state index >= 15 is 0 Å². The first-order valence-corrected chi connectivity index (χ1v) is 23.0. The fourth-order valence-corrected chi connectivity index (χ4v) is 9.97. The summed E-state index contributed by atoms with van der Waals surface area (Å²) in [4.78, 5) is 15.9. The molecular formula is C63H41N5. The molecule has 3 heterocycles. The number of hydrogen-bond donors (Lipinski definition) is 0. The Balaban J connectivity index is 1.07. The van der Waals surface area contributed by atoms with Crippen LogP contribution in [0.3, 0.4) is 0 Å². The minimum atomic E-state index is 0.558. The van der Waals surface area contributed by atoms with Gasteiger partial charge in [-0.1, -0.05) is 218 Å². The summed E-state index contributed by atoms with van der Waals surface area (Å²) in [7, 11) is 0. The maximum atomic E-state index is 5.38. The molecule has 0 saturated carbocycles. The van der Waals surface area contributed by atoms with Crippen LogP contribution >= 0.6 is 0 Å². The molecule has 0 fully saturated rings. The molecule has 0 aliphatic rings. The highest BCUT2D eigenvalue weighted by Crippen LogP contribution is 2.44. The Labute approximate surface area is 393 Å². The lowest BCUT2D eigenvalue weighted by atomic mass is 9.95. The Bertz CT molecular complexity index is 3970. The fraction of sp³-hybridized carbons (Fsp3) is 0. The predicted octanol–water partition coefficient (Wildman–Crippen LogP) is 16.1. The molecule has 0 N–H and O–H groups in total. The van der Waals surface area contributed by atoms with Gasteiger partial charge in [0.1, 0.15) is 0 Å². The molecule has 0 radical (unpaired) electrons. The number of nitrogens with zero attached hydrogens (tertiary/aromatic N) is 5. The molecule has 13 aromatic rings. The van der Waals surface area contributed by atoms with Gasteiger partial charge in [0.2, 0.25) is 5.95 Å². The van der Waals surface area contributed by atoms with Crippen molar-refractivity contribution in [2.45, 2.75) is 0 Å². The van der Waals surface area contributed by atoms with Gasteiger partial charge in [-0.2, -0.15) is 9.97 Å². The predicted molar refractivity (Wildman–Crippen MR) is 281 cm³/mol. The van der Waals surface area contributed by atoms with Crippen LogP contribution in [0.1, 0.15) is 0 Å². The molecule has 0 aliphatic carbocycles. The van der Waals surface area contributed by atoms with Crippen molar-refractivity contribution in [1.29, 1.82) is 0 Å². The van der Waals surface area contributed by atoms with Crippen LogP contribution in [0.25, 0.3) is 123 Å². The maximum Gasteiger partial charge on any atom is 0.238 e. The van der Waals surface area contributed by atoms with E-state index in [2.05, 4.69) is 234 Å². The lowest BCUT2D eigenvalue weighted by Gasteiger charge is -2.17. The van der Waals surface area contributed by atoms with Crippen molar-refractivity contribution in [2.75, 3.05) is 0 Å². The average Bonchev–Trinajstić information content (AvgIpc) is 3.95. The van der Waals surface area contributed by atoms with E-state index in [1.165, 1.54) is 16.7 Å². The summed E-state index contributed by atoms with van der Waals surface area (Å²) in [5.41, 5.74) is 16.5. The number of rotatable bonds is 8. The lowest BCUT2D eigenvalue weighted by molar-refractivity contribution is 0.955. The second kappa shape index (κ2) is 16.4. The molecule has 0 bridgehead atoms. The highest BCUT2D eigenvalue weighted by atomic mass is 15.2. The van der Waals surface area contributed by atoms with E-state index in [1.54, 1.807) is 0 Å². The summed E-state index contributed by atoms with van der Waals surface area (Å²) in [5, 5.41) is 4.52. The lowest BCUT2D eigenvalue weighted by Crippen LogP contribution is -2.06. The van der Waals surface area contributed by atoms with Crippen molar-refractivity contribution in [1.82, 2.24) is 24.1 Å². The second-order valence-corrected chi connectivity index (χ2v) is 17.2. The molecule has 5 heteroatoms. The smallest absolute Gasteiger partial charge is 0.238 e. The van der Waals surface area contributed by atoms with Crippen molar-refractivity contribution in [3.8, 4) is 78.9 Å². The van der Waals surface area contributed by atoms with Crippen molar-refractivity contribution in [2.24, 2.45) is 0 Å². The zero-order valence-electron chi connectivity index (χ0n) is 36.9. The van der Waals surface area contributed by atoms with E-state index in [-0.39, 0.29) is 0 Å². The Kier molecular flexibility index (Phi) is 9.43. The summed E-state index contributed by atoms with van der Waals surface area (Å²) in [5.74, 6) is 1.78. The van der Waals surface area contributed by atoms with Gasteiger partial charge in [0.15, 0.2) is 11.6 Å². The Morgan fingerprint density at radius 2 is 0.691 bits per heavy atom. The molecule has 10 aromatic carbocycles. The third-order valence-electron chi connectivity index (χ3n) is 13.2. The largest absolute Gasteiger partial charge is 0.309 e. The van der Waals surface area contributed by atoms with Crippen LogP contribution in [0.2, 0.25) is 0 Å². The van der Waals surface area contributed by atoms with Gasteiger partial charge in [-0.25, -0.2) is 4.98 Å². The van der Waals surface area contributed by atoms with Gasteiger partial charge in [0, 0.05) is 38.2 Å². The third-order valence-corrected chi connectivity index (χ3v) is 13.2. The topological polar surface area (TPSA) is 48.5 Å². The highest BCUT2D eigenvalue weighted by molar-refractivity contribution is 6.26. The third kappa shape index (κ3) is 6.68. The van der Waals surface area contributed by atoms with Crippen molar-refractivity contribution in [3.63, 3.8) is 0 Å². The zero-order valence-corrected chi connectivity index (χ0v) is 36.9. The normalized spacial score (nSPS) is 11.5. The first-order valence-electron chi connectivity index (χ1n) is 23.0. The molecule has 0 saturated heterocycles. The monoisotopic (exact) mass is 867 g/mol. The molecule has 68 heavy (non-hydrogen) atoms. The van der Waals surface area contributed by atoms with Gasteiger partial charge in [0.05, 0.1) is 27.8 Å². The van der Waals surface area contributed by atoms with Crippen LogP contribution in [0, 0.1) is 0 Å². The minimum Gasteiger partial charge on any atom is -0.309 e. The standard InChI is InChI=1S/C63H41N5/c1-5-17-42(18-6-1)45-29-33-47(34-30-45)54-41-50(44-21-9-3-10-22-44)37-39-57(54)67-56-28-16-14-26-53(56)59-58(67)40-38-52-51-25-13-15-27-55(51)68(60(52)59)63-65-61(48-23-11-4-12-24-48)64-62(66-63)49-35-31-46(32-36-49)43-19-7-2-8-20-43/h1-41H. The molecule has 3 aromatic heterocycles. The van der Waals surface area contributed by atoms with Gasteiger partial charge < -0.3 is 4.57 Å². The minimum absolute atomic E-state index is 0.558. The number of hydrogen-bond acceptors (Lipinski definition) is 3. The molecular weight excluding hydrogens is 827 g/mol. The highest BCUT2D eigenvalue weighted by Gasteiger charge is 2.24. The number of para-hydroxylation sites is 2. The molecule has 5 nitrogen and oxygen atoms in total. The van der Waals surface area contributed by atoms with Crippen molar-refractivity contribution >= 4 is 43.6 Å². The number of fused-ring (bicyclic) bond motifs is 7. The number of benzene rings is 10. The molecule has 13 rings (SSSR count). The van der Waals surface area contributed by atoms with Gasteiger partial charge in [0.25, 0.3) is 0 Å². The van der Waals surface area contributed by atoms with Crippen LogP contribution < -0.4 is 0 Å². The van der Waals surface area contributed by atoms with Crippen LogP contribution in [-0.2, 0) is 0 Å². The summed E-state index contributed by atoms with van der Waals surface area (Å²) in [6.45, 7) is 0. The van der Waals surface area contributed by atoms with E-state index in [0.717, 1.165) is 88.2 Å². The van der Waals surface area contributed by atoms with Crippen LogP contribution in [0.5, 0.6) is 0 Å². The quantitative estimate of drug-likeness (QED) is 0.153. The number of aromatic nitrogens is 5. The van der Waals surface area contributed by atoms with Crippen LogP contribution in [0.4, 0.5) is 0 Å². The first kappa shape index (κ1) is 39.2. The molecule has 0 amide bonds. The molecule has 0 aliphatic heterocycles. The van der Waals surface area contributed by atoms with E-state index in [0.29, 0.717) is 17.6 Å². The molecule has 0 unspecified atom stereocenters. The molecule has 318 valence electrons. The van der Waals surface area contributed by atoms with Gasteiger partial charge >= 0.3 is 0 Å². The van der Waals surface area contributed by atoms with Crippen molar-refractivity contribution < 1.29 is 0 Å². The summed E-state index contributed by atoms with van der Waals surface area (Å²) in [6.07, 6.45) is 0. The van der Waals surface area contributed by atoms with Crippen molar-refractivity contribution in [3.05, 3.63) is 249 Å². The Hall–Kier alpha value is -9.19. The van der Waals surface area contributed by atoms with Gasteiger partial charge in [-0.15, -0.1) is 0 Å². The summed E-state index contributed by atoms with van der Waals surface area (Å²) >= 11 is 0. The second-order valence-electron chi connectivity index (χ2n) is 17.2. The van der Waals surface area contributed by atoms with E-state index < -0.39 is 0 Å².